The normalized spacial score (nSPS) is 10.1. The van der Waals surface area contributed by atoms with E-state index in [1.165, 1.54) is 24.8 Å². The van der Waals surface area contributed by atoms with E-state index in [1.807, 2.05) is 4.90 Å². The Balaban J connectivity index is 0.00000155. The Kier molecular flexibility index (Phi) is 9.15. The van der Waals surface area contributed by atoms with Gasteiger partial charge in [-0.3, -0.25) is 4.79 Å². The number of rotatable bonds is 9. The first-order chi connectivity index (χ1) is 14.7. The minimum Gasteiger partial charge on any atom is -0.357 e. The maximum absolute atomic E-state index is 15.1. The molecule has 5 nitrogen and oxygen atoms in total. The number of aromatic nitrogens is 2. The third kappa shape index (κ3) is 5.51. The summed E-state index contributed by atoms with van der Waals surface area (Å²) in [4.78, 5) is 20.9. The Morgan fingerprint density at radius 3 is 2.60 bits per heavy atom. The number of carbonyl (C=O) groups is 1. The Morgan fingerprint density at radius 1 is 1.13 bits per heavy atom. The Hall–Kier alpha value is -3.06. The van der Waals surface area contributed by atoms with E-state index in [0.29, 0.717) is 54.9 Å². The molecule has 0 saturated heterocycles. The molecule has 0 bridgehead atoms. The molecule has 1 amide bonds. The number of alkyl halides is 1. The van der Waals surface area contributed by atoms with Crippen molar-refractivity contribution in [2.45, 2.75) is 6.42 Å². The van der Waals surface area contributed by atoms with Crippen molar-refractivity contribution in [2.24, 2.45) is 0 Å². The lowest BCUT2D eigenvalue weighted by Crippen LogP contribution is -2.33. The van der Waals surface area contributed by atoms with Gasteiger partial charge in [-0.2, -0.15) is 0 Å². The second-order valence-corrected chi connectivity index (χ2v) is 6.17. The summed E-state index contributed by atoms with van der Waals surface area (Å²) in [6, 6.07) is 9.16. The highest BCUT2D eigenvalue weighted by Crippen LogP contribution is 2.31. The molecule has 0 atom stereocenters. The summed E-state index contributed by atoms with van der Waals surface area (Å²) in [5.74, 6) is -0.529. The van der Waals surface area contributed by atoms with Crippen LogP contribution in [0.1, 0.15) is 6.42 Å². The first kappa shape index (κ1) is 23.2. The predicted octanol–water partition coefficient (Wildman–Crippen LogP) is 4.56. The molecule has 0 unspecified atom stereocenters. The van der Waals surface area contributed by atoms with Crippen LogP contribution >= 0.6 is 11.6 Å². The minimum atomic E-state index is -0.529. The zero-order valence-corrected chi connectivity index (χ0v) is 17.4. The molecule has 0 radical (unpaired) electrons. The van der Waals surface area contributed by atoms with Crippen molar-refractivity contribution >= 4 is 34.7 Å². The van der Waals surface area contributed by atoms with Crippen LogP contribution < -0.4 is 10.2 Å². The molecule has 0 aliphatic carbocycles. The zero-order valence-electron chi connectivity index (χ0n) is 16.6. The molecule has 0 fully saturated rings. The number of benzene rings is 2. The van der Waals surface area contributed by atoms with Crippen molar-refractivity contribution in [1.29, 1.82) is 0 Å². The van der Waals surface area contributed by atoms with Crippen LogP contribution in [0.5, 0.6) is 0 Å². The van der Waals surface area contributed by atoms with Crippen LogP contribution in [0.2, 0.25) is 0 Å². The van der Waals surface area contributed by atoms with E-state index in [4.69, 9.17) is 0 Å². The summed E-state index contributed by atoms with van der Waals surface area (Å²) >= 11 is 4.64. The lowest BCUT2D eigenvalue weighted by molar-refractivity contribution is -0.109. The van der Waals surface area contributed by atoms with Gasteiger partial charge in [0.2, 0.25) is 6.41 Å². The molecule has 0 aliphatic rings. The van der Waals surface area contributed by atoms with Gasteiger partial charge in [0.1, 0.15) is 23.8 Å². The molecular weight excluding hydrogens is 410 g/mol. The fourth-order valence-electron chi connectivity index (χ4n) is 3.05. The van der Waals surface area contributed by atoms with Crippen LogP contribution in [0.15, 0.2) is 55.4 Å². The van der Waals surface area contributed by atoms with Gasteiger partial charge in [-0.25, -0.2) is 18.7 Å². The van der Waals surface area contributed by atoms with Gasteiger partial charge in [0.05, 0.1) is 10.9 Å². The molecule has 3 aromatic rings. The topological polar surface area (TPSA) is 58.1 Å². The molecule has 1 aromatic heterocycles. The van der Waals surface area contributed by atoms with Gasteiger partial charge in [-0.1, -0.05) is 24.3 Å². The molecule has 158 valence electrons. The summed E-state index contributed by atoms with van der Waals surface area (Å²) in [5, 5.41) is 2.86. The van der Waals surface area contributed by atoms with Crippen LogP contribution in [0, 0.1) is 11.6 Å². The van der Waals surface area contributed by atoms with E-state index in [9.17, 15) is 9.18 Å². The van der Waals surface area contributed by atoms with E-state index < -0.39 is 11.6 Å². The van der Waals surface area contributed by atoms with Crippen molar-refractivity contribution in [1.82, 2.24) is 15.3 Å². The first-order valence-corrected chi connectivity index (χ1v) is 10.0. The average Bonchev–Trinajstić information content (AvgIpc) is 2.77. The number of fused-ring (bicyclic) bond motifs is 1. The lowest BCUT2D eigenvalue weighted by Gasteiger charge is -2.24. The highest BCUT2D eigenvalue weighted by molar-refractivity contribution is 6.15. The molecular formula is C22H23ClF2N4O. The zero-order chi connectivity index (χ0) is 21.9. The van der Waals surface area contributed by atoms with Gasteiger partial charge in [0.15, 0.2) is 0 Å². The predicted molar refractivity (Wildman–Crippen MR) is 118 cm³/mol. The van der Waals surface area contributed by atoms with Crippen LogP contribution in [0.4, 0.5) is 14.6 Å². The molecule has 0 aliphatic heterocycles. The number of halogens is 3. The van der Waals surface area contributed by atoms with Crippen LogP contribution in [0.25, 0.3) is 22.0 Å². The van der Waals surface area contributed by atoms with Crippen molar-refractivity contribution in [3.05, 3.63) is 67.0 Å². The molecule has 1 heterocycles. The number of amides is 1. The summed E-state index contributed by atoms with van der Waals surface area (Å²) in [6.07, 6.45) is 5.87. The number of nitrogens with zero attached hydrogens (tertiary/aromatic N) is 3. The standard InChI is InChI=1S/C21H20F2N4O.CH3Cl/c1-2-3-9-27(10-8-24-14-28)21-20-18(23)11-15(12-19(20)25-13-26-21)16-6-4-5-7-17(16)22;1-2/h2,4-7,11-14H,1,3,8-10H2,(H,24,28);1H3. The molecule has 2 aromatic carbocycles. The van der Waals surface area contributed by atoms with Crippen molar-refractivity contribution in [3.63, 3.8) is 0 Å². The number of nitrogens with one attached hydrogen (secondary N) is 1. The Labute approximate surface area is 179 Å². The smallest absolute Gasteiger partial charge is 0.207 e. The van der Waals surface area contributed by atoms with E-state index in [0.717, 1.165) is 0 Å². The second kappa shape index (κ2) is 11.8. The molecule has 30 heavy (non-hydrogen) atoms. The second-order valence-electron chi connectivity index (χ2n) is 6.17. The Bertz CT molecular complexity index is 1000. The molecule has 0 saturated carbocycles. The summed E-state index contributed by atoms with van der Waals surface area (Å²) < 4.78 is 29.2. The Morgan fingerprint density at radius 2 is 1.90 bits per heavy atom. The molecule has 8 heteroatoms. The summed E-state index contributed by atoms with van der Waals surface area (Å²) in [6.45, 7) is 5.12. The van der Waals surface area contributed by atoms with Gasteiger partial charge in [0, 0.05) is 31.6 Å². The third-order valence-electron chi connectivity index (χ3n) is 4.37. The number of hydrogen-bond donors (Lipinski definition) is 1. The summed E-state index contributed by atoms with van der Waals surface area (Å²) in [5.41, 5.74) is 1.10. The SMILES string of the molecule is C=CCCN(CCNC=O)c1ncnc2cc(-c3ccccc3F)cc(F)c12.CCl. The lowest BCUT2D eigenvalue weighted by atomic mass is 10.0. The van der Waals surface area contributed by atoms with Gasteiger partial charge in [-0.05, 0) is 30.2 Å². The van der Waals surface area contributed by atoms with Crippen LogP contribution in [-0.4, -0.2) is 42.4 Å². The number of carbonyl (C=O) groups excluding carboxylic acids is 1. The molecule has 0 spiro atoms. The maximum atomic E-state index is 15.1. The first-order valence-electron chi connectivity index (χ1n) is 9.25. The van der Waals surface area contributed by atoms with Gasteiger partial charge < -0.3 is 10.2 Å². The summed E-state index contributed by atoms with van der Waals surface area (Å²) in [7, 11) is 0. The van der Waals surface area contributed by atoms with Gasteiger partial charge in [0.25, 0.3) is 0 Å². The van der Waals surface area contributed by atoms with Crippen LogP contribution in [-0.2, 0) is 4.79 Å². The van der Waals surface area contributed by atoms with E-state index in [2.05, 4.69) is 33.5 Å². The van der Waals surface area contributed by atoms with Crippen molar-refractivity contribution in [2.75, 3.05) is 30.9 Å². The molecule has 3 rings (SSSR count). The highest BCUT2D eigenvalue weighted by atomic mass is 35.5. The van der Waals surface area contributed by atoms with Crippen LogP contribution in [0.3, 0.4) is 0 Å². The quantitative estimate of drug-likeness (QED) is 0.233. The third-order valence-corrected chi connectivity index (χ3v) is 4.37. The van der Waals surface area contributed by atoms with E-state index >= 15 is 4.39 Å². The van der Waals surface area contributed by atoms with E-state index in [1.54, 1.807) is 30.3 Å². The molecule has 1 N–H and O–H groups in total. The maximum Gasteiger partial charge on any atom is 0.207 e. The monoisotopic (exact) mass is 432 g/mol. The van der Waals surface area contributed by atoms with Crippen molar-refractivity contribution in [3.8, 4) is 11.1 Å². The van der Waals surface area contributed by atoms with Gasteiger partial charge in [-0.15, -0.1) is 18.2 Å². The fourth-order valence-corrected chi connectivity index (χ4v) is 3.05. The van der Waals surface area contributed by atoms with Gasteiger partial charge >= 0.3 is 0 Å². The highest BCUT2D eigenvalue weighted by Gasteiger charge is 2.17. The largest absolute Gasteiger partial charge is 0.357 e. The number of hydrogen-bond acceptors (Lipinski definition) is 4. The van der Waals surface area contributed by atoms with Crippen molar-refractivity contribution < 1.29 is 13.6 Å². The minimum absolute atomic E-state index is 0.262. The average molecular weight is 433 g/mol. The number of anilines is 1. The van der Waals surface area contributed by atoms with E-state index in [-0.39, 0.29) is 5.39 Å². The fraction of sp³-hybridized carbons (Fsp3) is 0.227.